The summed E-state index contributed by atoms with van der Waals surface area (Å²) < 4.78 is 2.42. The van der Waals surface area contributed by atoms with Crippen LogP contribution in [0.15, 0.2) is 47.3 Å². The molecule has 0 spiro atoms. The molecule has 1 aliphatic rings. The highest BCUT2D eigenvalue weighted by Gasteiger charge is 2.22. The van der Waals surface area contributed by atoms with E-state index in [1.165, 1.54) is 23.3 Å². The molecule has 0 radical (unpaired) electrons. The molecule has 1 fully saturated rings. The Balaban J connectivity index is 1.93. The number of para-hydroxylation sites is 1. The average molecular weight is 500 g/mol. The quantitative estimate of drug-likeness (QED) is 0.558. The van der Waals surface area contributed by atoms with E-state index in [-0.39, 0.29) is 17.2 Å². The molecule has 1 saturated carbocycles. The molecule has 0 bridgehead atoms. The van der Waals surface area contributed by atoms with Gasteiger partial charge in [0.25, 0.3) is 11.5 Å². The van der Waals surface area contributed by atoms with Crippen molar-refractivity contribution in [2.24, 2.45) is 0 Å². The van der Waals surface area contributed by atoms with E-state index in [9.17, 15) is 14.9 Å². The first-order valence-electron chi connectivity index (χ1n) is 12.7. The summed E-state index contributed by atoms with van der Waals surface area (Å²) in [5, 5.41) is 13.1. The summed E-state index contributed by atoms with van der Waals surface area (Å²) in [4.78, 5) is 27.1. The first-order chi connectivity index (χ1) is 17.3. The van der Waals surface area contributed by atoms with Crippen molar-refractivity contribution in [3.05, 3.63) is 84.3 Å². The van der Waals surface area contributed by atoms with Gasteiger partial charge in [0.05, 0.1) is 10.2 Å². The Labute approximate surface area is 216 Å². The van der Waals surface area contributed by atoms with E-state index < -0.39 is 5.91 Å². The Hall–Kier alpha value is -3.43. The molecule has 186 valence electrons. The number of nitrogens with one attached hydrogen (secondary N) is 1. The molecular weight excluding hydrogens is 466 g/mol. The maximum absolute atomic E-state index is 13.8. The van der Waals surface area contributed by atoms with Crippen molar-refractivity contribution in [3.63, 3.8) is 0 Å². The minimum atomic E-state index is -0.404. The number of amides is 1. The van der Waals surface area contributed by atoms with Gasteiger partial charge in [-0.3, -0.25) is 14.2 Å². The molecule has 0 unspecified atom stereocenters. The van der Waals surface area contributed by atoms with Crippen LogP contribution >= 0.6 is 11.3 Å². The first-order valence-corrected chi connectivity index (χ1v) is 13.5. The van der Waals surface area contributed by atoms with Crippen molar-refractivity contribution in [3.8, 4) is 11.8 Å². The van der Waals surface area contributed by atoms with Gasteiger partial charge in [0.15, 0.2) is 5.57 Å². The number of aromatic nitrogens is 1. The highest BCUT2D eigenvalue weighted by molar-refractivity contribution is 7.07. The van der Waals surface area contributed by atoms with Crippen LogP contribution in [0.1, 0.15) is 74.1 Å². The number of aryl methyl sites for hydroxylation is 2. The van der Waals surface area contributed by atoms with Crippen molar-refractivity contribution < 1.29 is 4.79 Å². The van der Waals surface area contributed by atoms with Gasteiger partial charge in [-0.15, -0.1) is 11.3 Å². The SMILES string of the molecule is Cc1cccc(C)c1-n1c(=O)/c(=C/c2ccc(C(C)C)cc2)s/c1=C(\C#N)C(=O)NC1CCCCC1. The standard InChI is InChI=1S/C30H33N3O2S/c1-19(2)23-15-13-22(14-16-23)17-26-29(35)33(27-20(3)9-8-10-21(27)4)30(36-26)25(18-31)28(34)32-24-11-6-5-7-12-24/h8-10,13-17,19,24H,5-7,11-12H2,1-4H3,(H,32,34)/b26-17-,30-25+. The van der Waals surface area contributed by atoms with E-state index in [1.807, 2.05) is 50.3 Å². The number of thiazole rings is 1. The third-order valence-electron chi connectivity index (χ3n) is 6.88. The third kappa shape index (κ3) is 5.37. The fourth-order valence-electron chi connectivity index (χ4n) is 4.84. The molecule has 0 saturated heterocycles. The fourth-order valence-corrected chi connectivity index (χ4v) is 5.93. The Bertz CT molecular complexity index is 1460. The smallest absolute Gasteiger partial charge is 0.273 e. The van der Waals surface area contributed by atoms with Crippen LogP contribution in [0.5, 0.6) is 0 Å². The van der Waals surface area contributed by atoms with Gasteiger partial charge in [0.2, 0.25) is 0 Å². The molecule has 1 amide bonds. The summed E-state index contributed by atoms with van der Waals surface area (Å²) in [6.45, 7) is 8.17. The number of rotatable bonds is 5. The third-order valence-corrected chi connectivity index (χ3v) is 7.97. The molecule has 0 atom stereocenters. The second-order valence-electron chi connectivity index (χ2n) is 9.91. The zero-order chi connectivity index (χ0) is 25.8. The molecule has 1 aliphatic carbocycles. The lowest BCUT2D eigenvalue weighted by atomic mass is 9.95. The Morgan fingerprint density at radius 1 is 1.08 bits per heavy atom. The summed E-state index contributed by atoms with van der Waals surface area (Å²) in [5.41, 5.74) is 4.44. The highest BCUT2D eigenvalue weighted by atomic mass is 32.1. The minimum Gasteiger partial charge on any atom is -0.349 e. The van der Waals surface area contributed by atoms with Gasteiger partial charge in [-0.25, -0.2) is 0 Å². The fraction of sp³-hybridized carbons (Fsp3) is 0.367. The number of carbonyl (C=O) groups is 1. The van der Waals surface area contributed by atoms with E-state index in [0.717, 1.165) is 48.1 Å². The summed E-state index contributed by atoms with van der Waals surface area (Å²) in [6, 6.07) is 16.2. The van der Waals surface area contributed by atoms with Crippen LogP contribution in [0.4, 0.5) is 0 Å². The molecule has 2 aromatic carbocycles. The van der Waals surface area contributed by atoms with Crippen LogP contribution < -0.4 is 20.1 Å². The van der Waals surface area contributed by atoms with Crippen LogP contribution in [-0.2, 0) is 4.79 Å². The zero-order valence-electron chi connectivity index (χ0n) is 21.4. The van der Waals surface area contributed by atoms with Crippen LogP contribution in [-0.4, -0.2) is 16.5 Å². The van der Waals surface area contributed by atoms with Gasteiger partial charge in [-0.1, -0.05) is 75.6 Å². The molecule has 5 nitrogen and oxygen atoms in total. The molecule has 6 heteroatoms. The lowest BCUT2D eigenvalue weighted by Gasteiger charge is -2.22. The number of nitrogens with zero attached hydrogens (tertiary/aromatic N) is 2. The van der Waals surface area contributed by atoms with Crippen molar-refractivity contribution in [2.75, 3.05) is 0 Å². The number of carbonyl (C=O) groups excluding carboxylic acids is 1. The summed E-state index contributed by atoms with van der Waals surface area (Å²) >= 11 is 1.20. The van der Waals surface area contributed by atoms with Crippen molar-refractivity contribution >= 4 is 28.9 Å². The van der Waals surface area contributed by atoms with Crippen LogP contribution in [0.25, 0.3) is 17.3 Å². The molecule has 36 heavy (non-hydrogen) atoms. The summed E-state index contributed by atoms with van der Waals surface area (Å²) in [7, 11) is 0. The predicted molar refractivity (Wildman–Crippen MR) is 147 cm³/mol. The molecule has 1 heterocycles. The summed E-state index contributed by atoms with van der Waals surface area (Å²) in [6.07, 6.45) is 7.02. The largest absolute Gasteiger partial charge is 0.349 e. The molecule has 0 aliphatic heterocycles. The summed E-state index contributed by atoms with van der Waals surface area (Å²) in [5.74, 6) is 0.0163. The van der Waals surface area contributed by atoms with E-state index in [0.29, 0.717) is 15.1 Å². The minimum absolute atomic E-state index is 0.0138. The predicted octanol–water partition coefficient (Wildman–Crippen LogP) is 4.59. The van der Waals surface area contributed by atoms with Crippen LogP contribution in [0, 0.1) is 25.2 Å². The normalized spacial score (nSPS) is 15.6. The van der Waals surface area contributed by atoms with E-state index in [4.69, 9.17) is 0 Å². The van der Waals surface area contributed by atoms with Gasteiger partial charge in [-0.2, -0.15) is 5.26 Å². The van der Waals surface area contributed by atoms with Crippen molar-refractivity contribution in [1.29, 1.82) is 5.26 Å². The maximum atomic E-state index is 13.8. The molecular formula is C30H33N3O2S. The second kappa shape index (κ2) is 11.1. The van der Waals surface area contributed by atoms with Crippen molar-refractivity contribution in [2.45, 2.75) is 71.8 Å². The molecule has 1 N–H and O–H groups in total. The van der Waals surface area contributed by atoms with E-state index in [1.54, 1.807) is 4.57 Å². The number of benzene rings is 2. The Morgan fingerprint density at radius 2 is 1.72 bits per heavy atom. The van der Waals surface area contributed by atoms with Gasteiger partial charge < -0.3 is 5.32 Å². The number of hydrogen-bond donors (Lipinski definition) is 1. The van der Waals surface area contributed by atoms with Gasteiger partial charge in [0.1, 0.15) is 10.7 Å². The highest BCUT2D eigenvalue weighted by Crippen LogP contribution is 2.19. The molecule has 3 aromatic rings. The van der Waals surface area contributed by atoms with Crippen LogP contribution in [0.2, 0.25) is 0 Å². The Morgan fingerprint density at radius 3 is 2.31 bits per heavy atom. The van der Waals surface area contributed by atoms with Gasteiger partial charge in [0, 0.05) is 6.04 Å². The zero-order valence-corrected chi connectivity index (χ0v) is 22.2. The lowest BCUT2D eigenvalue weighted by molar-refractivity contribution is -0.116. The average Bonchev–Trinajstić information content (AvgIpc) is 3.16. The van der Waals surface area contributed by atoms with Crippen LogP contribution in [0.3, 0.4) is 0 Å². The number of hydrogen-bond acceptors (Lipinski definition) is 4. The van der Waals surface area contributed by atoms with E-state index >= 15 is 0 Å². The number of nitriles is 1. The Kier molecular flexibility index (Phi) is 7.91. The maximum Gasteiger partial charge on any atom is 0.273 e. The molecule has 1 aromatic heterocycles. The monoisotopic (exact) mass is 499 g/mol. The van der Waals surface area contributed by atoms with Crippen molar-refractivity contribution in [1.82, 2.24) is 9.88 Å². The van der Waals surface area contributed by atoms with Gasteiger partial charge in [-0.05, 0) is 60.9 Å². The van der Waals surface area contributed by atoms with Gasteiger partial charge >= 0.3 is 0 Å². The second-order valence-corrected chi connectivity index (χ2v) is 10.9. The topological polar surface area (TPSA) is 74.9 Å². The first kappa shape index (κ1) is 25.7. The lowest BCUT2D eigenvalue weighted by Crippen LogP contribution is -2.39. The molecule has 4 rings (SSSR count). The van der Waals surface area contributed by atoms with E-state index in [2.05, 4.69) is 37.4 Å².